The van der Waals surface area contributed by atoms with Gasteiger partial charge in [-0.25, -0.2) is 0 Å². The van der Waals surface area contributed by atoms with Crippen molar-refractivity contribution in [1.82, 2.24) is 9.55 Å². The quantitative estimate of drug-likeness (QED) is 0.653. The van der Waals surface area contributed by atoms with E-state index in [1.165, 1.54) is 0 Å². The van der Waals surface area contributed by atoms with Crippen LogP contribution in [-0.2, 0) is 0 Å². The molecule has 0 radical (unpaired) electrons. The van der Waals surface area contributed by atoms with Gasteiger partial charge in [-0.05, 0) is 44.2 Å². The van der Waals surface area contributed by atoms with E-state index in [4.69, 9.17) is 0 Å². The average Bonchev–Trinajstić information content (AvgIpc) is 2.73. The Kier molecular flexibility index (Phi) is 2.67. The fourth-order valence-electron chi connectivity index (χ4n) is 2.51. The zero-order valence-corrected chi connectivity index (χ0v) is 10.9. The summed E-state index contributed by atoms with van der Waals surface area (Å²) in [5, 5.41) is 1.10. The Morgan fingerprint density at radius 2 is 2.00 bits per heavy atom. The van der Waals surface area contributed by atoms with Gasteiger partial charge in [0, 0.05) is 34.2 Å². The number of carbonyl (C=O) groups is 1. The monoisotopic (exact) mass is 250 g/mol. The van der Waals surface area contributed by atoms with Crippen molar-refractivity contribution in [3.05, 3.63) is 59.5 Å². The Hall–Kier alpha value is -2.42. The van der Waals surface area contributed by atoms with Gasteiger partial charge in [-0.3, -0.25) is 9.78 Å². The van der Waals surface area contributed by atoms with Gasteiger partial charge in [0.2, 0.25) is 0 Å². The third-order valence-corrected chi connectivity index (χ3v) is 3.44. The van der Waals surface area contributed by atoms with E-state index in [0.29, 0.717) is 0 Å². The molecule has 0 saturated heterocycles. The van der Waals surface area contributed by atoms with Crippen LogP contribution in [-0.4, -0.2) is 15.8 Å². The van der Waals surface area contributed by atoms with Crippen molar-refractivity contribution in [2.75, 3.05) is 0 Å². The molecule has 0 bridgehead atoms. The Morgan fingerprint density at radius 1 is 1.16 bits per heavy atom. The van der Waals surface area contributed by atoms with E-state index in [1.807, 2.05) is 44.2 Å². The second kappa shape index (κ2) is 4.35. The lowest BCUT2D eigenvalue weighted by atomic mass is 10.2. The molecule has 0 aliphatic heterocycles. The summed E-state index contributed by atoms with van der Waals surface area (Å²) in [6.07, 6.45) is 2.69. The summed E-state index contributed by atoms with van der Waals surface area (Å²) in [5.74, 6) is 0. The van der Waals surface area contributed by atoms with Crippen LogP contribution in [0.2, 0.25) is 0 Å². The molecule has 0 unspecified atom stereocenters. The largest absolute Gasteiger partial charge is 0.318 e. The van der Waals surface area contributed by atoms with E-state index < -0.39 is 0 Å². The van der Waals surface area contributed by atoms with Crippen molar-refractivity contribution in [2.45, 2.75) is 13.8 Å². The van der Waals surface area contributed by atoms with Crippen LogP contribution < -0.4 is 0 Å². The molecule has 0 atom stereocenters. The molecule has 0 N–H and O–H groups in total. The highest BCUT2D eigenvalue weighted by atomic mass is 16.1. The van der Waals surface area contributed by atoms with Crippen molar-refractivity contribution in [2.24, 2.45) is 0 Å². The molecule has 0 aliphatic carbocycles. The van der Waals surface area contributed by atoms with E-state index in [2.05, 4.69) is 15.6 Å². The van der Waals surface area contributed by atoms with E-state index in [9.17, 15) is 4.79 Å². The number of nitrogens with zero attached hydrogens (tertiary/aromatic N) is 2. The highest BCUT2D eigenvalue weighted by molar-refractivity contribution is 5.81. The minimum Gasteiger partial charge on any atom is -0.318 e. The molecule has 2 heterocycles. The van der Waals surface area contributed by atoms with Crippen LogP contribution in [0.15, 0.2) is 42.6 Å². The number of carbonyl (C=O) groups excluding carboxylic acids is 1. The van der Waals surface area contributed by atoms with Crippen molar-refractivity contribution in [1.29, 1.82) is 0 Å². The molecular weight excluding hydrogens is 236 g/mol. The predicted molar refractivity (Wildman–Crippen MR) is 75.9 cm³/mol. The maximum atomic E-state index is 11.0. The van der Waals surface area contributed by atoms with Crippen LogP contribution >= 0.6 is 0 Å². The highest BCUT2D eigenvalue weighted by Crippen LogP contribution is 2.22. The third-order valence-electron chi connectivity index (χ3n) is 3.44. The summed E-state index contributed by atoms with van der Waals surface area (Å²) in [4.78, 5) is 15.3. The number of pyridine rings is 1. The minimum absolute atomic E-state index is 0.740. The fraction of sp³-hybridized carbons (Fsp3) is 0.125. The topological polar surface area (TPSA) is 34.9 Å². The van der Waals surface area contributed by atoms with Crippen molar-refractivity contribution < 1.29 is 4.79 Å². The van der Waals surface area contributed by atoms with E-state index in [1.54, 1.807) is 6.20 Å². The van der Waals surface area contributed by atoms with Gasteiger partial charge in [0.15, 0.2) is 6.29 Å². The SMILES string of the molecule is Cc1cc(C=O)c(C)n1-c1ccc2ncccc2c1. The molecule has 0 aliphatic rings. The van der Waals surface area contributed by atoms with Crippen LogP contribution in [0.4, 0.5) is 0 Å². The van der Waals surface area contributed by atoms with Gasteiger partial charge in [0.25, 0.3) is 0 Å². The van der Waals surface area contributed by atoms with Crippen molar-refractivity contribution >= 4 is 17.2 Å². The summed E-state index contributed by atoms with van der Waals surface area (Å²) in [7, 11) is 0. The third kappa shape index (κ3) is 1.83. The molecule has 3 nitrogen and oxygen atoms in total. The van der Waals surface area contributed by atoms with Crippen LogP contribution in [0.5, 0.6) is 0 Å². The summed E-state index contributed by atoms with van der Waals surface area (Å²) in [6, 6.07) is 12.0. The van der Waals surface area contributed by atoms with Gasteiger partial charge in [-0.1, -0.05) is 6.07 Å². The van der Waals surface area contributed by atoms with Crippen LogP contribution in [0.1, 0.15) is 21.7 Å². The molecule has 0 spiro atoms. The summed E-state index contributed by atoms with van der Waals surface area (Å²) >= 11 is 0. The first-order chi connectivity index (χ1) is 9.20. The first-order valence-electron chi connectivity index (χ1n) is 6.20. The second-order valence-electron chi connectivity index (χ2n) is 4.66. The number of fused-ring (bicyclic) bond motifs is 1. The van der Waals surface area contributed by atoms with E-state index >= 15 is 0 Å². The Morgan fingerprint density at radius 3 is 2.74 bits per heavy atom. The Bertz CT molecular complexity index is 772. The molecule has 0 fully saturated rings. The summed E-state index contributed by atoms with van der Waals surface area (Å²) in [6.45, 7) is 3.97. The molecule has 0 saturated carbocycles. The smallest absolute Gasteiger partial charge is 0.151 e. The molecule has 3 heteroatoms. The standard InChI is InChI=1S/C16H14N2O/c1-11-8-14(10-19)12(2)18(11)15-5-6-16-13(9-15)4-3-7-17-16/h3-10H,1-2H3. The molecule has 3 rings (SSSR count). The van der Waals surface area contributed by atoms with Gasteiger partial charge >= 0.3 is 0 Å². The second-order valence-corrected chi connectivity index (χ2v) is 4.66. The summed E-state index contributed by atoms with van der Waals surface area (Å²) in [5.41, 5.74) is 4.80. The predicted octanol–water partition coefficient (Wildman–Crippen LogP) is 3.45. The fourth-order valence-corrected chi connectivity index (χ4v) is 2.51. The average molecular weight is 250 g/mol. The molecular formula is C16H14N2O. The van der Waals surface area contributed by atoms with Gasteiger partial charge in [0.05, 0.1) is 5.52 Å². The maximum absolute atomic E-state index is 11.0. The maximum Gasteiger partial charge on any atom is 0.151 e. The van der Waals surface area contributed by atoms with E-state index in [-0.39, 0.29) is 0 Å². The lowest BCUT2D eigenvalue weighted by molar-refractivity contribution is 0.112. The zero-order chi connectivity index (χ0) is 13.4. The normalized spacial score (nSPS) is 10.8. The molecule has 1 aromatic carbocycles. The minimum atomic E-state index is 0.740. The first kappa shape index (κ1) is 11.7. The lowest BCUT2D eigenvalue weighted by Gasteiger charge is -2.10. The van der Waals surface area contributed by atoms with Gasteiger partial charge in [-0.2, -0.15) is 0 Å². The number of aromatic nitrogens is 2. The number of hydrogen-bond acceptors (Lipinski definition) is 2. The molecule has 94 valence electrons. The van der Waals surface area contributed by atoms with Gasteiger partial charge in [0.1, 0.15) is 0 Å². The zero-order valence-electron chi connectivity index (χ0n) is 10.9. The van der Waals surface area contributed by atoms with Crippen LogP contribution in [0, 0.1) is 13.8 Å². The van der Waals surface area contributed by atoms with E-state index in [0.717, 1.165) is 39.8 Å². The number of benzene rings is 1. The molecule has 0 amide bonds. The van der Waals surface area contributed by atoms with Gasteiger partial charge < -0.3 is 4.57 Å². The lowest BCUT2D eigenvalue weighted by Crippen LogP contribution is -1.99. The van der Waals surface area contributed by atoms with Gasteiger partial charge in [-0.15, -0.1) is 0 Å². The summed E-state index contributed by atoms with van der Waals surface area (Å²) < 4.78 is 2.09. The first-order valence-corrected chi connectivity index (χ1v) is 6.20. The number of rotatable bonds is 2. The number of aldehydes is 1. The number of aryl methyl sites for hydroxylation is 1. The van der Waals surface area contributed by atoms with Crippen molar-refractivity contribution in [3.8, 4) is 5.69 Å². The van der Waals surface area contributed by atoms with Crippen molar-refractivity contribution in [3.63, 3.8) is 0 Å². The molecule has 19 heavy (non-hydrogen) atoms. The molecule has 2 aromatic heterocycles. The molecule has 3 aromatic rings. The number of hydrogen-bond donors (Lipinski definition) is 0. The van der Waals surface area contributed by atoms with Crippen LogP contribution in [0.3, 0.4) is 0 Å². The highest BCUT2D eigenvalue weighted by Gasteiger charge is 2.10. The van der Waals surface area contributed by atoms with Crippen LogP contribution in [0.25, 0.3) is 16.6 Å². The Labute approximate surface area is 111 Å². The Balaban J connectivity index is 2.24.